The van der Waals surface area contributed by atoms with Crippen LogP contribution in [0.25, 0.3) is 0 Å². The van der Waals surface area contributed by atoms with Crippen molar-refractivity contribution in [1.82, 2.24) is 0 Å². The Balaban J connectivity index is 2.44. The number of halogens is 3. The maximum absolute atomic E-state index is 13.9. The summed E-state index contributed by atoms with van der Waals surface area (Å²) in [7, 11) is -4.61. The van der Waals surface area contributed by atoms with E-state index >= 15 is 0 Å². The maximum Gasteiger partial charge on any atom is 0.339 e. The van der Waals surface area contributed by atoms with Crippen LogP contribution in [-0.4, -0.2) is 19.9 Å². The molecular weight excluding hydrogens is 369 g/mol. The van der Waals surface area contributed by atoms with Gasteiger partial charge < -0.3 is 9.29 Å². The number of aryl methyl sites for hydroxylation is 2. The molecule has 0 aliphatic carbocycles. The van der Waals surface area contributed by atoms with E-state index < -0.39 is 34.2 Å². The Morgan fingerprint density at radius 1 is 0.962 bits per heavy atom. The molecule has 1 N–H and O–H groups in total. The summed E-state index contributed by atoms with van der Waals surface area (Å²) in [5.41, 5.74) is 1.59. The number of rotatable bonds is 6. The minimum atomic E-state index is -4.61. The number of aliphatic hydroxyl groups is 1. The molecular formula is C18H17F3O4S. The lowest BCUT2D eigenvalue weighted by Crippen LogP contribution is -2.15. The van der Waals surface area contributed by atoms with Gasteiger partial charge >= 0.3 is 10.1 Å². The van der Waals surface area contributed by atoms with E-state index in [9.17, 15) is 26.7 Å². The zero-order valence-corrected chi connectivity index (χ0v) is 14.8. The van der Waals surface area contributed by atoms with Gasteiger partial charge in [-0.05, 0) is 31.5 Å². The highest BCUT2D eigenvalue weighted by Gasteiger charge is 2.31. The molecule has 0 bridgehead atoms. The van der Waals surface area contributed by atoms with Gasteiger partial charge in [0.25, 0.3) is 6.43 Å². The van der Waals surface area contributed by atoms with Crippen molar-refractivity contribution in [3.8, 4) is 0 Å². The summed E-state index contributed by atoms with van der Waals surface area (Å²) in [4.78, 5) is -0.348. The number of hydrogen-bond donors (Lipinski definition) is 1. The van der Waals surface area contributed by atoms with E-state index in [1.165, 1.54) is 36.4 Å². The third kappa shape index (κ3) is 4.64. The van der Waals surface area contributed by atoms with Crippen LogP contribution in [0.4, 0.5) is 13.2 Å². The molecule has 2 rings (SSSR count). The molecule has 0 aromatic heterocycles. The first-order valence-electron chi connectivity index (χ1n) is 7.55. The van der Waals surface area contributed by atoms with Gasteiger partial charge in [-0.3, -0.25) is 0 Å². The first kappa shape index (κ1) is 20.0. The van der Waals surface area contributed by atoms with Gasteiger partial charge in [0.2, 0.25) is 5.83 Å². The largest absolute Gasteiger partial charge is 0.380 e. The summed E-state index contributed by atoms with van der Waals surface area (Å²) in [5, 5.41) is 10.2. The number of benzene rings is 2. The molecule has 1 atom stereocenters. The van der Waals surface area contributed by atoms with Crippen molar-refractivity contribution >= 4 is 10.1 Å². The minimum Gasteiger partial charge on any atom is -0.380 e. The second-order valence-corrected chi connectivity index (χ2v) is 7.22. The second kappa shape index (κ2) is 7.92. The van der Waals surface area contributed by atoms with Gasteiger partial charge in [0, 0.05) is 0 Å². The quantitative estimate of drug-likeness (QED) is 0.597. The average molecular weight is 386 g/mol. The Morgan fingerprint density at radius 2 is 1.42 bits per heavy atom. The van der Waals surface area contributed by atoms with Crippen molar-refractivity contribution in [2.24, 2.45) is 0 Å². The lowest BCUT2D eigenvalue weighted by molar-refractivity contribution is 0.118. The van der Waals surface area contributed by atoms with Crippen LogP contribution in [0.5, 0.6) is 0 Å². The summed E-state index contributed by atoms with van der Waals surface area (Å²) >= 11 is 0. The maximum atomic E-state index is 13.9. The fourth-order valence-electron chi connectivity index (χ4n) is 2.09. The smallest absolute Gasteiger partial charge is 0.339 e. The zero-order valence-electron chi connectivity index (χ0n) is 14.0. The molecule has 26 heavy (non-hydrogen) atoms. The van der Waals surface area contributed by atoms with Gasteiger partial charge in [-0.15, -0.1) is 0 Å². The van der Waals surface area contributed by atoms with E-state index in [-0.39, 0.29) is 10.5 Å². The van der Waals surface area contributed by atoms with Gasteiger partial charge in [0.05, 0.1) is 0 Å². The van der Waals surface area contributed by atoms with E-state index in [2.05, 4.69) is 4.18 Å². The second-order valence-electron chi connectivity index (χ2n) is 5.68. The Morgan fingerprint density at radius 3 is 1.88 bits per heavy atom. The van der Waals surface area contributed by atoms with Gasteiger partial charge in [-0.1, -0.05) is 47.5 Å². The molecule has 0 aliphatic rings. The van der Waals surface area contributed by atoms with Crippen molar-refractivity contribution in [3.05, 3.63) is 76.8 Å². The third-order valence-corrected chi connectivity index (χ3v) is 4.83. The first-order chi connectivity index (χ1) is 12.1. The van der Waals surface area contributed by atoms with Crippen LogP contribution >= 0.6 is 0 Å². The molecule has 0 amide bonds. The summed E-state index contributed by atoms with van der Waals surface area (Å²) in [6.45, 7) is 3.48. The molecule has 0 saturated heterocycles. The van der Waals surface area contributed by atoms with Gasteiger partial charge in [0.15, 0.2) is 5.76 Å². The fourth-order valence-corrected chi connectivity index (χ4v) is 3.07. The normalized spacial score (nSPS) is 14.1. The molecule has 8 heteroatoms. The standard InChI is InChI=1S/C18H17F3O4S/c1-11-3-7-13(8-4-11)16(22)17(15(19)18(20)21)25-26(23,24)14-9-5-12(2)6-10-14/h3-10,16,18,22H,1-2H3/b17-15+. The average Bonchev–Trinajstić information content (AvgIpc) is 2.59. The highest BCUT2D eigenvalue weighted by atomic mass is 32.2. The van der Waals surface area contributed by atoms with Gasteiger partial charge in [0.1, 0.15) is 11.0 Å². The topological polar surface area (TPSA) is 63.6 Å². The minimum absolute atomic E-state index is 0.0144. The molecule has 0 fully saturated rings. The van der Waals surface area contributed by atoms with Crippen LogP contribution in [0.15, 0.2) is 65.0 Å². The van der Waals surface area contributed by atoms with E-state index in [0.29, 0.717) is 0 Å². The van der Waals surface area contributed by atoms with Crippen molar-refractivity contribution < 1.29 is 30.9 Å². The SMILES string of the molecule is Cc1ccc(C(O)/C(OS(=O)(=O)c2ccc(C)cc2)=C(\F)C(F)F)cc1. The van der Waals surface area contributed by atoms with Crippen molar-refractivity contribution in [3.63, 3.8) is 0 Å². The Kier molecular flexibility index (Phi) is 6.09. The molecule has 2 aromatic rings. The van der Waals surface area contributed by atoms with Crippen LogP contribution < -0.4 is 0 Å². The fraction of sp³-hybridized carbons (Fsp3) is 0.222. The molecule has 140 valence electrons. The monoisotopic (exact) mass is 386 g/mol. The summed E-state index contributed by atoms with van der Waals surface area (Å²) in [6, 6.07) is 11.2. The molecule has 2 aromatic carbocycles. The van der Waals surface area contributed by atoms with Crippen LogP contribution in [-0.2, 0) is 14.3 Å². The van der Waals surface area contributed by atoms with E-state index in [0.717, 1.165) is 11.1 Å². The highest BCUT2D eigenvalue weighted by molar-refractivity contribution is 7.86. The van der Waals surface area contributed by atoms with Crippen LogP contribution in [0.2, 0.25) is 0 Å². The molecule has 0 aliphatic heterocycles. The highest BCUT2D eigenvalue weighted by Crippen LogP contribution is 2.32. The molecule has 0 heterocycles. The molecule has 0 spiro atoms. The lowest BCUT2D eigenvalue weighted by atomic mass is 10.1. The summed E-state index contributed by atoms with van der Waals surface area (Å²) < 4.78 is 68.7. The molecule has 0 radical (unpaired) electrons. The Hall–Kier alpha value is -2.32. The predicted octanol–water partition coefficient (Wildman–Crippen LogP) is 4.19. The van der Waals surface area contributed by atoms with Crippen molar-refractivity contribution in [2.45, 2.75) is 31.3 Å². The number of aliphatic hydroxyl groups excluding tert-OH is 1. The van der Waals surface area contributed by atoms with Crippen molar-refractivity contribution in [2.75, 3.05) is 0 Å². The summed E-state index contributed by atoms with van der Waals surface area (Å²) in [5.74, 6) is -3.50. The molecule has 0 saturated carbocycles. The van der Waals surface area contributed by atoms with Crippen LogP contribution in [0.3, 0.4) is 0 Å². The number of hydrogen-bond acceptors (Lipinski definition) is 4. The van der Waals surface area contributed by atoms with Gasteiger partial charge in [-0.2, -0.15) is 8.42 Å². The Bertz CT molecular complexity index is 889. The van der Waals surface area contributed by atoms with Gasteiger partial charge in [-0.25, -0.2) is 13.2 Å². The summed E-state index contributed by atoms with van der Waals surface area (Å²) in [6.07, 6.45) is -5.65. The molecule has 4 nitrogen and oxygen atoms in total. The predicted molar refractivity (Wildman–Crippen MR) is 89.7 cm³/mol. The van der Waals surface area contributed by atoms with E-state index in [1.54, 1.807) is 26.0 Å². The zero-order chi connectivity index (χ0) is 19.5. The number of allylic oxidation sites excluding steroid dienone is 1. The van der Waals surface area contributed by atoms with Crippen LogP contribution in [0, 0.1) is 13.8 Å². The molecule has 1 unspecified atom stereocenters. The lowest BCUT2D eigenvalue weighted by Gasteiger charge is -2.17. The van der Waals surface area contributed by atoms with E-state index in [4.69, 9.17) is 0 Å². The van der Waals surface area contributed by atoms with Crippen LogP contribution in [0.1, 0.15) is 22.8 Å². The van der Waals surface area contributed by atoms with Crippen molar-refractivity contribution in [1.29, 1.82) is 0 Å². The Labute approximate surface area is 149 Å². The first-order valence-corrected chi connectivity index (χ1v) is 8.96. The third-order valence-electron chi connectivity index (χ3n) is 3.58. The number of alkyl halides is 2. The van der Waals surface area contributed by atoms with E-state index in [1.807, 2.05) is 0 Å².